The topological polar surface area (TPSA) is 44.5 Å². The van der Waals surface area contributed by atoms with E-state index < -0.39 is 0 Å². The summed E-state index contributed by atoms with van der Waals surface area (Å²) in [6.07, 6.45) is 1.65. The molecule has 0 aliphatic heterocycles. The molecule has 2 N–H and O–H groups in total. The Balaban J connectivity index is 0.00000256. The number of halogens is 2. The highest BCUT2D eigenvalue weighted by Crippen LogP contribution is 2.35. The molecule has 1 unspecified atom stereocenters. The molecule has 0 amide bonds. The van der Waals surface area contributed by atoms with Crippen LogP contribution in [0, 0.1) is 0 Å². The smallest absolute Gasteiger partial charge is 0.164 e. The van der Waals surface area contributed by atoms with E-state index in [-0.39, 0.29) is 18.4 Å². The zero-order chi connectivity index (χ0) is 12.1. The van der Waals surface area contributed by atoms with Gasteiger partial charge in [-0.05, 0) is 18.9 Å². The van der Waals surface area contributed by atoms with Crippen molar-refractivity contribution in [1.29, 1.82) is 0 Å². The Kier molecular flexibility index (Phi) is 7.35. The van der Waals surface area contributed by atoms with E-state index in [9.17, 15) is 0 Å². The maximum Gasteiger partial charge on any atom is 0.164 e. The van der Waals surface area contributed by atoms with Crippen molar-refractivity contribution in [3.63, 3.8) is 0 Å². The summed E-state index contributed by atoms with van der Waals surface area (Å²) in [5.74, 6) is 1.36. The van der Waals surface area contributed by atoms with Gasteiger partial charge in [-0.25, -0.2) is 0 Å². The molecule has 0 heterocycles. The quantitative estimate of drug-likeness (QED) is 0.901. The Labute approximate surface area is 114 Å². The number of rotatable bonds is 5. The van der Waals surface area contributed by atoms with Gasteiger partial charge < -0.3 is 15.2 Å². The van der Waals surface area contributed by atoms with Crippen LogP contribution in [0.25, 0.3) is 0 Å². The number of hydrogen-bond acceptors (Lipinski definition) is 3. The molecule has 0 aliphatic carbocycles. The maximum atomic E-state index is 6.01. The Morgan fingerprint density at radius 1 is 1.29 bits per heavy atom. The first-order valence-electron chi connectivity index (χ1n) is 5.28. The van der Waals surface area contributed by atoms with Crippen molar-refractivity contribution in [2.45, 2.75) is 25.8 Å². The standard InChI is InChI=1S/C12H18ClNO2.ClH/c1-4-10(14)6-8-5-9(13)7-11(15-2)12(8)16-3;/h5,7,10H,4,6,14H2,1-3H3;1H. The Morgan fingerprint density at radius 2 is 1.94 bits per heavy atom. The second kappa shape index (κ2) is 7.64. The van der Waals surface area contributed by atoms with Gasteiger partial charge in [0.1, 0.15) is 0 Å². The molecule has 0 fully saturated rings. The van der Waals surface area contributed by atoms with Crippen LogP contribution < -0.4 is 15.2 Å². The second-order valence-corrected chi connectivity index (χ2v) is 4.11. The molecule has 0 aliphatic rings. The SMILES string of the molecule is CCC(N)Cc1cc(Cl)cc(OC)c1OC.Cl. The molecule has 0 spiro atoms. The van der Waals surface area contributed by atoms with Crippen LogP contribution >= 0.6 is 24.0 Å². The minimum atomic E-state index is 0. The third-order valence-corrected chi connectivity index (χ3v) is 2.75. The van der Waals surface area contributed by atoms with Crippen LogP contribution in [0.4, 0.5) is 0 Å². The van der Waals surface area contributed by atoms with E-state index in [2.05, 4.69) is 6.92 Å². The van der Waals surface area contributed by atoms with Gasteiger partial charge in [0, 0.05) is 22.7 Å². The predicted molar refractivity (Wildman–Crippen MR) is 73.8 cm³/mol. The van der Waals surface area contributed by atoms with Crippen molar-refractivity contribution in [2.24, 2.45) is 5.73 Å². The van der Waals surface area contributed by atoms with Crippen LogP contribution in [0.5, 0.6) is 11.5 Å². The number of ether oxygens (including phenoxy) is 2. The summed E-state index contributed by atoms with van der Waals surface area (Å²) in [7, 11) is 3.21. The Bertz CT molecular complexity index is 359. The predicted octanol–water partition coefficient (Wildman–Crippen LogP) is 3.06. The van der Waals surface area contributed by atoms with Crippen molar-refractivity contribution in [3.8, 4) is 11.5 Å². The molecule has 1 aromatic rings. The third kappa shape index (κ3) is 4.26. The number of hydrogen-bond donors (Lipinski definition) is 1. The highest BCUT2D eigenvalue weighted by atomic mass is 35.5. The molecular formula is C12H19Cl2NO2. The maximum absolute atomic E-state index is 6.01. The van der Waals surface area contributed by atoms with Crippen LogP contribution in [-0.4, -0.2) is 20.3 Å². The van der Waals surface area contributed by atoms with Gasteiger partial charge in [-0.15, -0.1) is 12.4 Å². The number of benzene rings is 1. The molecule has 0 saturated heterocycles. The van der Waals surface area contributed by atoms with E-state index >= 15 is 0 Å². The van der Waals surface area contributed by atoms with Gasteiger partial charge in [-0.2, -0.15) is 0 Å². The van der Waals surface area contributed by atoms with E-state index in [1.807, 2.05) is 6.07 Å². The van der Waals surface area contributed by atoms with Crippen LogP contribution in [0.2, 0.25) is 5.02 Å². The van der Waals surface area contributed by atoms with Gasteiger partial charge in [0.05, 0.1) is 14.2 Å². The lowest BCUT2D eigenvalue weighted by Crippen LogP contribution is -2.21. The van der Waals surface area contributed by atoms with Gasteiger partial charge in [0.2, 0.25) is 0 Å². The Hall–Kier alpha value is -0.640. The van der Waals surface area contributed by atoms with Crippen LogP contribution in [0.15, 0.2) is 12.1 Å². The minimum absolute atomic E-state index is 0. The minimum Gasteiger partial charge on any atom is -0.493 e. The summed E-state index contributed by atoms with van der Waals surface area (Å²) >= 11 is 6.01. The van der Waals surface area contributed by atoms with Crippen molar-refractivity contribution < 1.29 is 9.47 Å². The molecule has 1 rings (SSSR count). The van der Waals surface area contributed by atoms with Crippen molar-refractivity contribution in [3.05, 3.63) is 22.7 Å². The van der Waals surface area contributed by atoms with Crippen molar-refractivity contribution in [1.82, 2.24) is 0 Å². The molecule has 1 aromatic carbocycles. The van der Waals surface area contributed by atoms with Gasteiger partial charge in [-0.3, -0.25) is 0 Å². The first-order valence-corrected chi connectivity index (χ1v) is 5.66. The van der Waals surface area contributed by atoms with Gasteiger partial charge in [0.15, 0.2) is 11.5 Å². The van der Waals surface area contributed by atoms with Crippen molar-refractivity contribution >= 4 is 24.0 Å². The van der Waals surface area contributed by atoms with E-state index in [4.69, 9.17) is 26.8 Å². The zero-order valence-electron chi connectivity index (χ0n) is 10.3. The molecule has 0 bridgehead atoms. The largest absolute Gasteiger partial charge is 0.493 e. The lowest BCUT2D eigenvalue weighted by Gasteiger charge is -2.15. The van der Waals surface area contributed by atoms with Crippen LogP contribution in [0.3, 0.4) is 0 Å². The monoisotopic (exact) mass is 279 g/mol. The molecule has 1 atom stereocenters. The molecule has 0 saturated carbocycles. The lowest BCUT2D eigenvalue weighted by molar-refractivity contribution is 0.350. The zero-order valence-corrected chi connectivity index (χ0v) is 11.9. The second-order valence-electron chi connectivity index (χ2n) is 3.67. The summed E-state index contributed by atoms with van der Waals surface area (Å²) in [6.45, 7) is 2.05. The van der Waals surface area contributed by atoms with Crippen LogP contribution in [0.1, 0.15) is 18.9 Å². The summed E-state index contributed by atoms with van der Waals surface area (Å²) in [6, 6.07) is 3.72. The first-order chi connectivity index (χ1) is 7.62. The van der Waals surface area contributed by atoms with Crippen molar-refractivity contribution in [2.75, 3.05) is 14.2 Å². The molecular weight excluding hydrogens is 261 g/mol. The average molecular weight is 280 g/mol. The first kappa shape index (κ1) is 16.4. The fraction of sp³-hybridized carbons (Fsp3) is 0.500. The van der Waals surface area contributed by atoms with E-state index in [0.29, 0.717) is 10.8 Å². The highest BCUT2D eigenvalue weighted by Gasteiger charge is 2.13. The summed E-state index contributed by atoms with van der Waals surface area (Å²) in [5, 5.41) is 0.635. The average Bonchev–Trinajstić information content (AvgIpc) is 2.28. The number of methoxy groups -OCH3 is 2. The fourth-order valence-corrected chi connectivity index (χ4v) is 1.82. The molecule has 0 radical (unpaired) electrons. The summed E-state index contributed by atoms with van der Waals surface area (Å²) < 4.78 is 10.6. The highest BCUT2D eigenvalue weighted by molar-refractivity contribution is 6.30. The summed E-state index contributed by atoms with van der Waals surface area (Å²) in [5.41, 5.74) is 6.92. The number of nitrogens with two attached hydrogens (primary N) is 1. The Morgan fingerprint density at radius 3 is 2.41 bits per heavy atom. The van der Waals surface area contributed by atoms with Gasteiger partial charge >= 0.3 is 0 Å². The van der Waals surface area contributed by atoms with Gasteiger partial charge in [-0.1, -0.05) is 18.5 Å². The van der Waals surface area contributed by atoms with E-state index in [0.717, 1.165) is 24.2 Å². The molecule has 0 aromatic heterocycles. The normalized spacial score (nSPS) is 11.6. The molecule has 98 valence electrons. The van der Waals surface area contributed by atoms with E-state index in [1.54, 1.807) is 20.3 Å². The molecule has 3 nitrogen and oxygen atoms in total. The van der Waals surface area contributed by atoms with Crippen LogP contribution in [-0.2, 0) is 6.42 Å². The van der Waals surface area contributed by atoms with E-state index in [1.165, 1.54) is 0 Å². The molecule has 5 heteroatoms. The molecule has 17 heavy (non-hydrogen) atoms. The summed E-state index contributed by atoms with van der Waals surface area (Å²) in [4.78, 5) is 0. The lowest BCUT2D eigenvalue weighted by atomic mass is 10.0. The fourth-order valence-electron chi connectivity index (χ4n) is 1.58. The third-order valence-electron chi connectivity index (χ3n) is 2.53. The van der Waals surface area contributed by atoms with Gasteiger partial charge in [0.25, 0.3) is 0 Å².